The van der Waals surface area contributed by atoms with Gasteiger partial charge in [-0.05, 0) is 49.7 Å². The fourth-order valence-electron chi connectivity index (χ4n) is 4.03. The predicted octanol–water partition coefficient (Wildman–Crippen LogP) is 3.45. The van der Waals surface area contributed by atoms with Gasteiger partial charge in [0.2, 0.25) is 0 Å². The minimum absolute atomic E-state index is 0.149. The van der Waals surface area contributed by atoms with Gasteiger partial charge in [0, 0.05) is 37.1 Å². The molecule has 32 heavy (non-hydrogen) atoms. The molecule has 1 amide bonds. The molecule has 2 fully saturated rings. The van der Waals surface area contributed by atoms with Crippen molar-refractivity contribution in [3.63, 3.8) is 0 Å². The summed E-state index contributed by atoms with van der Waals surface area (Å²) in [7, 11) is 3.20. The van der Waals surface area contributed by atoms with Crippen LogP contribution in [0.25, 0.3) is 0 Å². The molecule has 0 aliphatic carbocycles. The van der Waals surface area contributed by atoms with Crippen LogP contribution in [-0.4, -0.2) is 67.9 Å². The Morgan fingerprint density at radius 3 is 2.66 bits per heavy atom. The second-order valence-electron chi connectivity index (χ2n) is 7.94. The van der Waals surface area contributed by atoms with E-state index in [-0.39, 0.29) is 23.2 Å². The van der Waals surface area contributed by atoms with Crippen LogP contribution >= 0.6 is 0 Å². The van der Waals surface area contributed by atoms with Gasteiger partial charge in [-0.25, -0.2) is 0 Å². The van der Waals surface area contributed by atoms with Gasteiger partial charge in [0.1, 0.15) is 5.75 Å². The highest BCUT2D eigenvalue weighted by Gasteiger charge is 2.34. The minimum atomic E-state index is -0.507. The van der Waals surface area contributed by atoms with Gasteiger partial charge in [-0.1, -0.05) is 0 Å². The molecule has 0 N–H and O–H groups in total. The summed E-state index contributed by atoms with van der Waals surface area (Å²) in [5.74, 6) is 0.301. The molecular weight excluding hydrogens is 412 g/mol. The number of amides is 1. The topological polar surface area (TPSA) is 97.5 Å². The summed E-state index contributed by atoms with van der Waals surface area (Å²) in [6.07, 6.45) is 3.93. The lowest BCUT2D eigenvalue weighted by Crippen LogP contribution is -2.51. The monoisotopic (exact) mass is 438 g/mol. The number of carbonyl (C=O) groups is 1. The van der Waals surface area contributed by atoms with Crippen LogP contribution in [-0.2, 0) is 4.74 Å². The Morgan fingerprint density at radius 2 is 2.03 bits per heavy atom. The smallest absolute Gasteiger partial charge is 0.270 e. The Morgan fingerprint density at radius 1 is 1.28 bits per heavy atom. The van der Waals surface area contributed by atoms with E-state index in [2.05, 4.69) is 9.89 Å². The molecule has 2 aliphatic heterocycles. The quantitative estimate of drug-likeness (QED) is 0.373. The Kier molecular flexibility index (Phi) is 6.48. The number of hydrogen-bond donors (Lipinski definition) is 0. The summed E-state index contributed by atoms with van der Waals surface area (Å²) in [6, 6.07) is 11.8. The molecular formula is C23H26N4O5. The maximum Gasteiger partial charge on any atom is 0.270 e. The van der Waals surface area contributed by atoms with Crippen molar-refractivity contribution >= 4 is 29.2 Å². The highest BCUT2D eigenvalue weighted by atomic mass is 16.6. The zero-order valence-corrected chi connectivity index (χ0v) is 18.1. The van der Waals surface area contributed by atoms with Crippen LogP contribution in [0, 0.1) is 10.1 Å². The normalized spacial score (nSPS) is 19.1. The van der Waals surface area contributed by atoms with E-state index in [4.69, 9.17) is 9.47 Å². The SMILES string of the molecule is COc1ccc(N(C)C(=O)c2cc([N+](=O)[O-])ccc2N=CC2CCCN2C2COC2)cc1. The van der Waals surface area contributed by atoms with Gasteiger partial charge in [0.05, 0.1) is 42.5 Å². The molecule has 1 atom stereocenters. The lowest BCUT2D eigenvalue weighted by Gasteiger charge is -2.37. The van der Waals surface area contributed by atoms with Gasteiger partial charge < -0.3 is 14.4 Å². The van der Waals surface area contributed by atoms with Crippen LogP contribution in [0.3, 0.4) is 0 Å². The highest BCUT2D eigenvalue weighted by Crippen LogP contribution is 2.29. The van der Waals surface area contributed by atoms with E-state index < -0.39 is 4.92 Å². The average Bonchev–Trinajstić information content (AvgIpc) is 3.23. The molecule has 9 heteroatoms. The molecule has 0 spiro atoms. The molecule has 2 aromatic rings. The van der Waals surface area contributed by atoms with Crippen LogP contribution in [0.2, 0.25) is 0 Å². The van der Waals surface area contributed by atoms with Crippen molar-refractivity contribution in [3.05, 3.63) is 58.1 Å². The van der Waals surface area contributed by atoms with E-state index in [1.54, 1.807) is 38.4 Å². The fraction of sp³-hybridized carbons (Fsp3) is 0.391. The number of non-ortho nitro benzene ring substituents is 1. The molecule has 2 heterocycles. The molecule has 4 rings (SSSR count). The third kappa shape index (κ3) is 4.49. The minimum Gasteiger partial charge on any atom is -0.497 e. The highest BCUT2D eigenvalue weighted by molar-refractivity contribution is 6.09. The van der Waals surface area contributed by atoms with Crippen molar-refractivity contribution in [1.82, 2.24) is 4.90 Å². The van der Waals surface area contributed by atoms with Crippen LogP contribution in [0.15, 0.2) is 47.5 Å². The summed E-state index contributed by atoms with van der Waals surface area (Å²) in [4.78, 5) is 32.5. The standard InChI is InChI=1S/C23H26N4O5/c1-25(16-5-8-20(31-2)9-6-16)23(28)21-12-17(27(29)30)7-10-22(21)24-13-18-4-3-11-26(18)19-14-32-15-19/h5-10,12-13,18-19H,3-4,11,14-15H2,1-2H3. The van der Waals surface area contributed by atoms with Crippen LogP contribution in [0.1, 0.15) is 23.2 Å². The summed E-state index contributed by atoms with van der Waals surface area (Å²) in [6.45, 7) is 2.47. The predicted molar refractivity (Wildman–Crippen MR) is 121 cm³/mol. The summed E-state index contributed by atoms with van der Waals surface area (Å²) in [5, 5.41) is 11.3. The molecule has 0 bridgehead atoms. The van der Waals surface area contributed by atoms with Crippen LogP contribution < -0.4 is 9.64 Å². The zero-order valence-electron chi connectivity index (χ0n) is 18.1. The Bertz CT molecular complexity index is 1020. The second kappa shape index (κ2) is 9.46. The number of ether oxygens (including phenoxy) is 2. The zero-order chi connectivity index (χ0) is 22.7. The Balaban J connectivity index is 1.61. The molecule has 0 aromatic heterocycles. The number of rotatable bonds is 7. The van der Waals surface area contributed by atoms with Crippen molar-refractivity contribution in [3.8, 4) is 5.75 Å². The van der Waals surface area contributed by atoms with Crippen molar-refractivity contribution < 1.29 is 19.2 Å². The maximum atomic E-state index is 13.3. The van der Waals surface area contributed by atoms with Gasteiger partial charge >= 0.3 is 0 Å². The Hall–Kier alpha value is -3.30. The lowest BCUT2D eigenvalue weighted by atomic mass is 10.1. The lowest BCUT2D eigenvalue weighted by molar-refractivity contribution is -0.384. The number of hydrogen-bond acceptors (Lipinski definition) is 7. The Labute approximate surface area is 186 Å². The van der Waals surface area contributed by atoms with Crippen molar-refractivity contribution in [2.75, 3.05) is 38.8 Å². The van der Waals surface area contributed by atoms with Gasteiger partial charge in [-0.2, -0.15) is 0 Å². The summed E-state index contributed by atoms with van der Waals surface area (Å²) >= 11 is 0. The van der Waals surface area contributed by atoms with Crippen molar-refractivity contribution in [2.24, 2.45) is 4.99 Å². The van der Waals surface area contributed by atoms with E-state index in [0.717, 1.165) is 32.6 Å². The van der Waals surface area contributed by atoms with Crippen LogP contribution in [0.5, 0.6) is 5.75 Å². The summed E-state index contributed by atoms with van der Waals surface area (Å²) < 4.78 is 10.5. The average molecular weight is 438 g/mol. The number of nitro benzene ring substituents is 1. The number of carbonyl (C=O) groups excluding carboxylic acids is 1. The van der Waals surface area contributed by atoms with E-state index in [1.165, 1.54) is 23.1 Å². The van der Waals surface area contributed by atoms with E-state index in [1.807, 2.05) is 6.21 Å². The summed E-state index contributed by atoms with van der Waals surface area (Å²) in [5.41, 5.74) is 1.09. The van der Waals surface area contributed by atoms with Gasteiger partial charge in [-0.3, -0.25) is 24.8 Å². The van der Waals surface area contributed by atoms with E-state index >= 15 is 0 Å². The number of benzene rings is 2. The molecule has 2 saturated heterocycles. The van der Waals surface area contributed by atoms with Gasteiger partial charge in [0.25, 0.3) is 11.6 Å². The first-order valence-electron chi connectivity index (χ1n) is 10.6. The van der Waals surface area contributed by atoms with E-state index in [9.17, 15) is 14.9 Å². The first-order chi connectivity index (χ1) is 15.5. The molecule has 0 saturated carbocycles. The fourth-order valence-corrected chi connectivity index (χ4v) is 4.03. The number of likely N-dealkylation sites (tertiary alicyclic amines) is 1. The second-order valence-corrected chi connectivity index (χ2v) is 7.94. The molecule has 0 radical (unpaired) electrons. The van der Waals surface area contributed by atoms with E-state index in [0.29, 0.717) is 23.2 Å². The molecule has 2 aromatic carbocycles. The maximum absolute atomic E-state index is 13.3. The van der Waals surface area contributed by atoms with Crippen LogP contribution in [0.4, 0.5) is 17.1 Å². The molecule has 1 unspecified atom stereocenters. The number of methoxy groups -OCH3 is 1. The molecule has 2 aliphatic rings. The largest absolute Gasteiger partial charge is 0.497 e. The number of anilines is 1. The number of aliphatic imine (C=N–C) groups is 1. The molecule has 9 nitrogen and oxygen atoms in total. The molecule has 168 valence electrons. The first-order valence-corrected chi connectivity index (χ1v) is 10.6. The van der Waals surface area contributed by atoms with Crippen molar-refractivity contribution in [2.45, 2.75) is 24.9 Å². The van der Waals surface area contributed by atoms with Crippen molar-refractivity contribution in [1.29, 1.82) is 0 Å². The van der Waals surface area contributed by atoms with Gasteiger partial charge in [-0.15, -0.1) is 0 Å². The van der Waals surface area contributed by atoms with Gasteiger partial charge in [0.15, 0.2) is 0 Å². The third-order valence-corrected chi connectivity index (χ3v) is 6.00. The third-order valence-electron chi connectivity index (χ3n) is 6.00. The number of nitro groups is 1. The first kappa shape index (κ1) is 21.9. The number of nitrogens with zero attached hydrogens (tertiary/aromatic N) is 4.